The lowest BCUT2D eigenvalue weighted by atomic mass is 9.79. The van der Waals surface area contributed by atoms with E-state index in [1.54, 1.807) is 13.8 Å². The smallest absolute Gasteiger partial charge is 0.426 e. The number of carbonyl (C=O) groups is 1. The molecule has 2 rings (SSSR count). The predicted molar refractivity (Wildman–Crippen MR) is 91.8 cm³/mol. The minimum absolute atomic E-state index is 0.0915. The van der Waals surface area contributed by atoms with Gasteiger partial charge in [0.25, 0.3) is 5.60 Å². The Morgan fingerprint density at radius 3 is 1.61 bits per heavy atom. The number of halogens is 9. The maximum absolute atomic E-state index is 12.5. The maximum Gasteiger partial charge on any atom is 0.426 e. The Morgan fingerprint density at radius 2 is 1.39 bits per heavy atom. The largest absolute Gasteiger partial charge is 0.481 e. The van der Waals surface area contributed by atoms with Gasteiger partial charge in [-0.3, -0.25) is 4.79 Å². The van der Waals surface area contributed by atoms with Crippen molar-refractivity contribution in [1.82, 2.24) is 0 Å². The van der Waals surface area contributed by atoms with E-state index in [1.807, 2.05) is 0 Å². The molecule has 5 atom stereocenters. The Bertz CT molecular complexity index is 596. The standard InChI is InChI=1S/C11H14F6O.C8H13F3O2/c12-10(13,14)9(18,11(15,16)17)5-8-4-6-1-2-7(8)3-6;1-4(2)5(3)6(7(12)13)8(9,10)11/h6-8,18H,1-5H2;4-6H,1-3H3,(H,12,13). The molecule has 5 unspecified atom stereocenters. The fourth-order valence-corrected chi connectivity index (χ4v) is 4.45. The van der Waals surface area contributed by atoms with Crippen LogP contribution in [0.3, 0.4) is 0 Å². The minimum Gasteiger partial charge on any atom is -0.481 e. The third-order valence-corrected chi connectivity index (χ3v) is 6.58. The zero-order valence-corrected chi connectivity index (χ0v) is 17.2. The molecule has 2 aliphatic rings. The van der Waals surface area contributed by atoms with Crippen LogP contribution in [-0.4, -0.2) is 40.3 Å². The Kier molecular flexibility index (Phi) is 8.39. The minimum atomic E-state index is -5.67. The second-order valence-electron chi connectivity index (χ2n) is 8.96. The van der Waals surface area contributed by atoms with E-state index in [1.165, 1.54) is 6.92 Å². The Hall–Kier alpha value is -1.20. The van der Waals surface area contributed by atoms with Gasteiger partial charge in [-0.2, -0.15) is 39.5 Å². The first-order valence-electron chi connectivity index (χ1n) is 9.87. The summed E-state index contributed by atoms with van der Waals surface area (Å²) in [7, 11) is 0. The number of hydrogen-bond donors (Lipinski definition) is 2. The van der Waals surface area contributed by atoms with Crippen molar-refractivity contribution in [3.05, 3.63) is 0 Å². The summed E-state index contributed by atoms with van der Waals surface area (Å²) >= 11 is 0. The zero-order valence-electron chi connectivity index (χ0n) is 17.2. The molecular formula is C19H27F9O3. The van der Waals surface area contributed by atoms with Crippen molar-refractivity contribution in [2.45, 2.75) is 77.0 Å². The van der Waals surface area contributed by atoms with Crippen LogP contribution in [-0.2, 0) is 4.79 Å². The SMILES string of the molecule is CC(C)C(C)C(C(=O)O)C(F)(F)F.OC(CC1CC2CCC1C2)(C(F)(F)F)C(F)(F)F. The molecule has 0 radical (unpaired) electrons. The highest BCUT2D eigenvalue weighted by atomic mass is 19.4. The summed E-state index contributed by atoms with van der Waals surface area (Å²) in [5.74, 6) is -5.78. The Balaban J connectivity index is 0.000000330. The molecule has 0 aliphatic heterocycles. The van der Waals surface area contributed by atoms with Gasteiger partial charge in [-0.1, -0.05) is 27.2 Å². The van der Waals surface area contributed by atoms with Crippen molar-refractivity contribution in [1.29, 1.82) is 0 Å². The maximum atomic E-state index is 12.5. The number of carboxylic acid groups (broad SMARTS) is 1. The summed E-state index contributed by atoms with van der Waals surface area (Å²) in [4.78, 5) is 10.4. The molecule has 0 aromatic carbocycles. The fraction of sp³-hybridized carbons (Fsp3) is 0.947. The third-order valence-electron chi connectivity index (χ3n) is 6.58. The molecule has 2 saturated carbocycles. The van der Waals surface area contributed by atoms with Gasteiger partial charge in [0.2, 0.25) is 0 Å². The van der Waals surface area contributed by atoms with Crippen LogP contribution in [0.25, 0.3) is 0 Å². The first kappa shape index (κ1) is 27.8. The molecule has 0 aromatic heterocycles. The van der Waals surface area contributed by atoms with Crippen LogP contribution in [0.15, 0.2) is 0 Å². The van der Waals surface area contributed by atoms with E-state index in [0.29, 0.717) is 19.3 Å². The van der Waals surface area contributed by atoms with Gasteiger partial charge in [0.15, 0.2) is 5.92 Å². The molecule has 2 fully saturated rings. The van der Waals surface area contributed by atoms with Gasteiger partial charge in [0.05, 0.1) is 0 Å². The summed E-state index contributed by atoms with van der Waals surface area (Å²) in [6.45, 7) is 4.45. The van der Waals surface area contributed by atoms with Gasteiger partial charge in [-0.05, 0) is 55.3 Å². The van der Waals surface area contributed by atoms with Crippen LogP contribution in [0.2, 0.25) is 0 Å². The predicted octanol–water partition coefficient (Wildman–Crippen LogP) is 6.21. The van der Waals surface area contributed by atoms with Gasteiger partial charge in [0, 0.05) is 0 Å². The molecule has 2 bridgehead atoms. The summed E-state index contributed by atoms with van der Waals surface area (Å²) in [6, 6.07) is 0. The zero-order chi connectivity index (χ0) is 24.6. The van der Waals surface area contributed by atoms with E-state index < -0.39 is 54.3 Å². The van der Waals surface area contributed by atoms with Gasteiger partial charge in [-0.25, -0.2) is 0 Å². The van der Waals surface area contributed by atoms with Crippen molar-refractivity contribution >= 4 is 5.97 Å². The first-order chi connectivity index (χ1) is 13.7. The summed E-state index contributed by atoms with van der Waals surface area (Å²) < 4.78 is 112. The number of aliphatic carboxylic acids is 1. The second-order valence-corrected chi connectivity index (χ2v) is 8.96. The lowest BCUT2D eigenvalue weighted by Gasteiger charge is -2.36. The molecule has 184 valence electrons. The Morgan fingerprint density at radius 1 is 0.903 bits per heavy atom. The fourth-order valence-electron chi connectivity index (χ4n) is 4.45. The lowest BCUT2D eigenvalue weighted by molar-refractivity contribution is -0.373. The number of carboxylic acids is 1. The Labute approximate surface area is 174 Å². The van der Waals surface area contributed by atoms with E-state index >= 15 is 0 Å². The lowest BCUT2D eigenvalue weighted by Crippen LogP contribution is -2.58. The van der Waals surface area contributed by atoms with Crippen LogP contribution >= 0.6 is 0 Å². The quantitative estimate of drug-likeness (QED) is 0.466. The molecule has 3 nitrogen and oxygen atoms in total. The molecule has 0 spiro atoms. The second kappa shape index (κ2) is 9.35. The number of rotatable bonds is 5. The van der Waals surface area contributed by atoms with E-state index in [-0.39, 0.29) is 17.8 Å². The summed E-state index contributed by atoms with van der Waals surface area (Å²) in [5.41, 5.74) is -4.56. The van der Waals surface area contributed by atoms with Crippen molar-refractivity contribution in [2.75, 3.05) is 0 Å². The monoisotopic (exact) mass is 474 g/mol. The molecule has 2 aliphatic carbocycles. The molecule has 0 saturated heterocycles. The van der Waals surface area contributed by atoms with Crippen LogP contribution in [0.5, 0.6) is 0 Å². The normalized spacial score (nSPS) is 26.5. The molecule has 2 N–H and O–H groups in total. The van der Waals surface area contributed by atoms with Crippen molar-refractivity contribution < 1.29 is 54.5 Å². The van der Waals surface area contributed by atoms with Crippen molar-refractivity contribution in [2.24, 2.45) is 35.5 Å². The highest BCUT2D eigenvalue weighted by Gasteiger charge is 2.71. The van der Waals surface area contributed by atoms with E-state index in [0.717, 1.165) is 6.42 Å². The summed E-state index contributed by atoms with van der Waals surface area (Å²) in [6.07, 6.45) is -14.6. The molecule has 0 aromatic rings. The van der Waals surface area contributed by atoms with Gasteiger partial charge in [0.1, 0.15) is 0 Å². The summed E-state index contributed by atoms with van der Waals surface area (Å²) in [5, 5.41) is 17.5. The molecule has 0 amide bonds. The van der Waals surface area contributed by atoms with Gasteiger partial charge in [-0.15, -0.1) is 0 Å². The van der Waals surface area contributed by atoms with Crippen LogP contribution in [0.1, 0.15) is 52.9 Å². The van der Waals surface area contributed by atoms with E-state index in [9.17, 15) is 44.3 Å². The van der Waals surface area contributed by atoms with E-state index in [4.69, 9.17) is 10.2 Å². The van der Waals surface area contributed by atoms with E-state index in [2.05, 4.69) is 0 Å². The molecule has 31 heavy (non-hydrogen) atoms. The average molecular weight is 474 g/mol. The van der Waals surface area contributed by atoms with Crippen LogP contribution < -0.4 is 0 Å². The molecule has 12 heteroatoms. The first-order valence-corrected chi connectivity index (χ1v) is 9.87. The third kappa shape index (κ3) is 6.41. The average Bonchev–Trinajstić information content (AvgIpc) is 3.14. The van der Waals surface area contributed by atoms with Crippen molar-refractivity contribution in [3.8, 4) is 0 Å². The van der Waals surface area contributed by atoms with Gasteiger partial charge >= 0.3 is 24.5 Å². The highest BCUT2D eigenvalue weighted by molar-refractivity contribution is 5.71. The highest BCUT2D eigenvalue weighted by Crippen LogP contribution is 2.55. The number of hydrogen-bond acceptors (Lipinski definition) is 2. The van der Waals surface area contributed by atoms with Gasteiger partial charge < -0.3 is 10.2 Å². The topological polar surface area (TPSA) is 57.5 Å². The molecular weight excluding hydrogens is 447 g/mol. The number of fused-ring (bicyclic) bond motifs is 2. The van der Waals surface area contributed by atoms with Crippen LogP contribution in [0.4, 0.5) is 39.5 Å². The van der Waals surface area contributed by atoms with Crippen molar-refractivity contribution in [3.63, 3.8) is 0 Å². The van der Waals surface area contributed by atoms with Crippen LogP contribution in [0, 0.1) is 35.5 Å². The number of aliphatic hydroxyl groups is 1. The number of alkyl halides is 9. The molecule has 0 heterocycles.